The first kappa shape index (κ1) is 21.4. The van der Waals surface area contributed by atoms with E-state index < -0.39 is 0 Å². The second-order valence-electron chi connectivity index (χ2n) is 8.77. The maximum absolute atomic E-state index is 13.3. The number of ether oxygens (including phenoxy) is 1. The van der Waals surface area contributed by atoms with Crippen LogP contribution in [0, 0.1) is 0 Å². The molecule has 1 amide bonds. The second-order valence-corrected chi connectivity index (χ2v) is 8.77. The Labute approximate surface area is 194 Å². The lowest BCUT2D eigenvalue weighted by Crippen LogP contribution is -2.33. The predicted molar refractivity (Wildman–Crippen MR) is 126 cm³/mol. The summed E-state index contributed by atoms with van der Waals surface area (Å²) in [6.45, 7) is 2.76. The fraction of sp³-hybridized carbons (Fsp3) is 0.440. The summed E-state index contributed by atoms with van der Waals surface area (Å²) in [5, 5.41) is 4.55. The third kappa shape index (κ3) is 4.29. The molecule has 8 nitrogen and oxygen atoms in total. The summed E-state index contributed by atoms with van der Waals surface area (Å²) in [6, 6.07) is 9.64. The number of rotatable bonds is 6. The number of aryl methyl sites for hydroxylation is 1. The Morgan fingerprint density at radius 3 is 2.64 bits per heavy atom. The molecule has 0 N–H and O–H groups in total. The number of hydrogen-bond acceptors (Lipinski definition) is 6. The van der Waals surface area contributed by atoms with Gasteiger partial charge in [-0.25, -0.2) is 9.97 Å². The van der Waals surface area contributed by atoms with E-state index in [0.717, 1.165) is 66.7 Å². The molecule has 0 aliphatic carbocycles. The van der Waals surface area contributed by atoms with E-state index in [-0.39, 0.29) is 11.9 Å². The molecule has 2 aliphatic heterocycles. The number of aromatic nitrogens is 4. The van der Waals surface area contributed by atoms with Crippen molar-refractivity contribution < 1.29 is 9.53 Å². The Morgan fingerprint density at radius 1 is 1.09 bits per heavy atom. The van der Waals surface area contributed by atoms with Crippen LogP contribution in [-0.4, -0.2) is 57.3 Å². The zero-order valence-electron chi connectivity index (χ0n) is 19.3. The Kier molecular flexibility index (Phi) is 5.98. The van der Waals surface area contributed by atoms with Crippen molar-refractivity contribution in [3.05, 3.63) is 54.0 Å². The van der Waals surface area contributed by atoms with E-state index in [2.05, 4.69) is 15.0 Å². The van der Waals surface area contributed by atoms with Crippen molar-refractivity contribution in [3.8, 4) is 17.0 Å². The summed E-state index contributed by atoms with van der Waals surface area (Å²) in [7, 11) is 3.60. The molecule has 2 aliphatic rings. The van der Waals surface area contributed by atoms with Gasteiger partial charge >= 0.3 is 0 Å². The molecule has 1 atom stereocenters. The maximum Gasteiger partial charge on any atom is 0.227 e. The Hall–Kier alpha value is -3.42. The minimum Gasteiger partial charge on any atom is -0.497 e. The van der Waals surface area contributed by atoms with Crippen LogP contribution in [0.3, 0.4) is 0 Å². The number of carbonyl (C=O) groups excluding carboxylic acids is 1. The van der Waals surface area contributed by atoms with Crippen LogP contribution in [-0.2, 0) is 18.3 Å². The summed E-state index contributed by atoms with van der Waals surface area (Å²) in [4.78, 5) is 26.9. The molecule has 2 fully saturated rings. The van der Waals surface area contributed by atoms with E-state index in [1.54, 1.807) is 7.11 Å². The molecule has 5 rings (SSSR count). The molecule has 33 heavy (non-hydrogen) atoms. The van der Waals surface area contributed by atoms with Gasteiger partial charge < -0.3 is 14.5 Å². The van der Waals surface area contributed by atoms with Gasteiger partial charge in [0.15, 0.2) is 0 Å². The van der Waals surface area contributed by atoms with Crippen LogP contribution >= 0.6 is 0 Å². The van der Waals surface area contributed by atoms with Gasteiger partial charge in [-0.05, 0) is 49.4 Å². The quantitative estimate of drug-likeness (QED) is 0.578. The highest BCUT2D eigenvalue weighted by molar-refractivity contribution is 5.80. The highest BCUT2D eigenvalue weighted by Gasteiger charge is 2.34. The lowest BCUT2D eigenvalue weighted by atomic mass is 10.0. The van der Waals surface area contributed by atoms with Crippen molar-refractivity contribution in [3.63, 3.8) is 0 Å². The van der Waals surface area contributed by atoms with E-state index in [9.17, 15) is 4.79 Å². The van der Waals surface area contributed by atoms with Crippen LogP contribution in [0.4, 0.5) is 5.95 Å². The third-order valence-electron chi connectivity index (χ3n) is 6.70. The van der Waals surface area contributed by atoms with E-state index in [0.29, 0.717) is 6.42 Å². The van der Waals surface area contributed by atoms with Gasteiger partial charge in [-0.2, -0.15) is 5.10 Å². The first-order valence-electron chi connectivity index (χ1n) is 11.7. The summed E-state index contributed by atoms with van der Waals surface area (Å²) in [5.41, 5.74) is 3.88. The van der Waals surface area contributed by atoms with Crippen LogP contribution in [0.15, 0.2) is 42.7 Å². The molecule has 172 valence electrons. The summed E-state index contributed by atoms with van der Waals surface area (Å²) < 4.78 is 7.13. The molecule has 8 heteroatoms. The lowest BCUT2D eigenvalue weighted by Gasteiger charge is -2.26. The molecule has 3 aromatic rings. The van der Waals surface area contributed by atoms with E-state index >= 15 is 0 Å². The largest absolute Gasteiger partial charge is 0.497 e. The second kappa shape index (κ2) is 9.21. The molecule has 0 radical (unpaired) electrons. The van der Waals surface area contributed by atoms with E-state index in [4.69, 9.17) is 9.72 Å². The van der Waals surface area contributed by atoms with Gasteiger partial charge in [0.05, 0.1) is 37.2 Å². The molecule has 2 aromatic heterocycles. The van der Waals surface area contributed by atoms with Crippen molar-refractivity contribution >= 4 is 11.9 Å². The number of benzene rings is 1. The molecule has 0 spiro atoms. The van der Waals surface area contributed by atoms with Gasteiger partial charge in [-0.15, -0.1) is 0 Å². The summed E-state index contributed by atoms with van der Waals surface area (Å²) in [6.07, 6.45) is 8.33. The smallest absolute Gasteiger partial charge is 0.227 e. The summed E-state index contributed by atoms with van der Waals surface area (Å²) >= 11 is 0. The zero-order chi connectivity index (χ0) is 22.8. The highest BCUT2D eigenvalue weighted by Crippen LogP contribution is 2.37. The number of amides is 1. The van der Waals surface area contributed by atoms with Gasteiger partial charge in [0.2, 0.25) is 11.9 Å². The van der Waals surface area contributed by atoms with Crippen LogP contribution in [0.5, 0.6) is 5.75 Å². The first-order chi connectivity index (χ1) is 16.1. The monoisotopic (exact) mass is 446 g/mol. The minimum absolute atomic E-state index is 0.0107. The number of anilines is 1. The van der Waals surface area contributed by atoms with Gasteiger partial charge in [-0.1, -0.05) is 12.1 Å². The Morgan fingerprint density at radius 2 is 1.88 bits per heavy atom. The topological polar surface area (TPSA) is 76.4 Å². The lowest BCUT2D eigenvalue weighted by molar-refractivity contribution is -0.131. The Bertz CT molecular complexity index is 1120. The average molecular weight is 447 g/mol. The van der Waals surface area contributed by atoms with Crippen molar-refractivity contribution in [2.45, 2.75) is 38.1 Å². The average Bonchev–Trinajstić information content (AvgIpc) is 3.60. The van der Waals surface area contributed by atoms with Crippen LogP contribution < -0.4 is 9.64 Å². The fourth-order valence-corrected chi connectivity index (χ4v) is 4.98. The van der Waals surface area contributed by atoms with Crippen molar-refractivity contribution in [2.75, 3.05) is 31.6 Å². The molecule has 0 saturated carbocycles. The van der Waals surface area contributed by atoms with Crippen molar-refractivity contribution in [1.82, 2.24) is 24.6 Å². The highest BCUT2D eigenvalue weighted by atomic mass is 16.5. The summed E-state index contributed by atoms with van der Waals surface area (Å²) in [5.74, 6) is 1.71. The molecule has 0 bridgehead atoms. The Balaban J connectivity index is 1.40. The third-order valence-corrected chi connectivity index (χ3v) is 6.70. The first-order valence-corrected chi connectivity index (χ1v) is 11.7. The van der Waals surface area contributed by atoms with Crippen LogP contribution in [0.2, 0.25) is 0 Å². The number of carbonyl (C=O) groups is 1. The maximum atomic E-state index is 13.3. The van der Waals surface area contributed by atoms with Gasteiger partial charge in [-0.3, -0.25) is 9.48 Å². The zero-order valence-corrected chi connectivity index (χ0v) is 19.3. The van der Waals surface area contributed by atoms with Crippen LogP contribution in [0.25, 0.3) is 11.3 Å². The molecule has 0 unspecified atom stereocenters. The molecule has 1 aromatic carbocycles. The standard InChI is InChI=1S/C25H30N6O2/c1-29-24(20(17-27-29)21-11-12-26-25(28-21)30-13-3-4-14-30)22-6-5-15-31(22)23(32)16-18-7-9-19(33-2)10-8-18/h7-12,17,22H,3-6,13-16H2,1-2H3/t22-/m0/s1. The number of nitrogens with zero attached hydrogens (tertiary/aromatic N) is 6. The predicted octanol–water partition coefficient (Wildman–Crippen LogP) is 3.39. The van der Waals surface area contributed by atoms with Crippen molar-refractivity contribution in [2.24, 2.45) is 7.05 Å². The molecular formula is C25H30N6O2. The minimum atomic E-state index is -0.0107. The van der Waals surface area contributed by atoms with E-state index in [1.807, 2.05) is 59.4 Å². The van der Waals surface area contributed by atoms with Crippen LogP contribution in [0.1, 0.15) is 43.0 Å². The van der Waals surface area contributed by atoms with Gasteiger partial charge in [0, 0.05) is 38.4 Å². The molecule has 4 heterocycles. The van der Waals surface area contributed by atoms with Gasteiger partial charge in [0.1, 0.15) is 5.75 Å². The number of methoxy groups -OCH3 is 1. The van der Waals surface area contributed by atoms with E-state index in [1.165, 1.54) is 12.8 Å². The van der Waals surface area contributed by atoms with Crippen molar-refractivity contribution in [1.29, 1.82) is 0 Å². The molecular weight excluding hydrogens is 416 g/mol. The number of hydrogen-bond donors (Lipinski definition) is 0. The molecule has 2 saturated heterocycles. The normalized spacial score (nSPS) is 18.2. The number of likely N-dealkylation sites (tertiary alicyclic amines) is 1. The van der Waals surface area contributed by atoms with Gasteiger partial charge in [0.25, 0.3) is 0 Å². The SMILES string of the molecule is COc1ccc(CC(=O)N2CCC[C@H]2c2c(-c3ccnc(N4CCCC4)n3)cnn2C)cc1. The fourth-order valence-electron chi connectivity index (χ4n) is 4.98.